The van der Waals surface area contributed by atoms with Crippen molar-refractivity contribution in [3.05, 3.63) is 70.8 Å². The van der Waals surface area contributed by atoms with E-state index in [1.807, 2.05) is 42.5 Å². The molecular formula is C23H21N5O3S. The Kier molecular flexibility index (Phi) is 5.72. The minimum absolute atomic E-state index is 0.0143. The lowest BCUT2D eigenvalue weighted by atomic mass is 9.80. The number of rotatable bonds is 7. The van der Waals surface area contributed by atoms with Crippen LogP contribution in [-0.2, 0) is 4.79 Å². The molecule has 1 aliphatic rings. The third-order valence-corrected chi connectivity index (χ3v) is 6.35. The summed E-state index contributed by atoms with van der Waals surface area (Å²) < 4.78 is 5.81. The molecule has 9 heteroatoms. The fourth-order valence-corrected chi connectivity index (χ4v) is 4.52. The van der Waals surface area contributed by atoms with Crippen molar-refractivity contribution in [3.63, 3.8) is 0 Å². The van der Waals surface area contributed by atoms with Gasteiger partial charge in [0.1, 0.15) is 0 Å². The zero-order valence-corrected chi connectivity index (χ0v) is 18.0. The zero-order valence-electron chi connectivity index (χ0n) is 17.2. The summed E-state index contributed by atoms with van der Waals surface area (Å²) in [6.45, 7) is 0. The number of benzene rings is 2. The lowest BCUT2D eigenvalue weighted by Crippen LogP contribution is -2.43. The number of carbonyl (C=O) groups excluding carboxylic acids is 1. The van der Waals surface area contributed by atoms with Crippen LogP contribution in [0.4, 0.5) is 0 Å². The van der Waals surface area contributed by atoms with Crippen LogP contribution in [0.5, 0.6) is 0 Å². The normalized spacial score (nSPS) is 17.8. The van der Waals surface area contributed by atoms with Gasteiger partial charge in [-0.1, -0.05) is 42.1 Å². The van der Waals surface area contributed by atoms with Crippen LogP contribution in [-0.4, -0.2) is 37.9 Å². The molecule has 5 rings (SSSR count). The van der Waals surface area contributed by atoms with E-state index in [4.69, 9.17) is 4.42 Å². The van der Waals surface area contributed by atoms with E-state index < -0.39 is 0 Å². The first-order chi connectivity index (χ1) is 15.7. The molecule has 2 N–H and O–H groups in total. The van der Waals surface area contributed by atoms with Crippen LogP contribution in [0.1, 0.15) is 31.1 Å². The Morgan fingerprint density at radius 1 is 1.09 bits per heavy atom. The smallest absolute Gasteiger partial charge is 0.259 e. The molecule has 1 saturated carbocycles. The van der Waals surface area contributed by atoms with Crippen molar-refractivity contribution in [2.75, 3.05) is 5.75 Å². The summed E-state index contributed by atoms with van der Waals surface area (Å²) in [6, 6.07) is 17.0. The fourth-order valence-electron chi connectivity index (χ4n) is 3.71. The van der Waals surface area contributed by atoms with E-state index in [0.29, 0.717) is 40.0 Å². The number of aromatic amines is 1. The van der Waals surface area contributed by atoms with E-state index in [-0.39, 0.29) is 23.4 Å². The Labute approximate surface area is 187 Å². The number of nitrogens with zero attached hydrogens (tertiary/aromatic N) is 3. The van der Waals surface area contributed by atoms with Crippen molar-refractivity contribution in [1.29, 1.82) is 0 Å². The van der Waals surface area contributed by atoms with Crippen molar-refractivity contribution in [1.82, 2.24) is 25.5 Å². The van der Waals surface area contributed by atoms with Crippen molar-refractivity contribution in [3.8, 4) is 11.5 Å². The van der Waals surface area contributed by atoms with Crippen molar-refractivity contribution < 1.29 is 9.21 Å². The third-order valence-electron chi connectivity index (χ3n) is 5.47. The van der Waals surface area contributed by atoms with Gasteiger partial charge in [0.05, 0.1) is 10.9 Å². The van der Waals surface area contributed by atoms with Crippen LogP contribution < -0.4 is 10.9 Å². The summed E-state index contributed by atoms with van der Waals surface area (Å²) >= 11 is 1.37. The van der Waals surface area contributed by atoms with Crippen LogP contribution in [0.15, 0.2) is 69.0 Å². The van der Waals surface area contributed by atoms with Gasteiger partial charge in [-0.2, -0.15) is 0 Å². The standard InChI is InChI=1S/C23H21N5O3S/c29-19(10-11-32-23-25-18-9-5-4-8-17(18)20(30)26-23)24-16-12-15(13-16)22-28-27-21(31-22)14-6-2-1-3-7-14/h1-9,15-16H,10-13H2,(H,24,29)(H,25,26,30)/t15-,16-. The molecule has 4 aromatic rings. The highest BCUT2D eigenvalue weighted by atomic mass is 32.2. The van der Waals surface area contributed by atoms with E-state index in [1.54, 1.807) is 12.1 Å². The second-order valence-electron chi connectivity index (χ2n) is 7.73. The molecule has 1 amide bonds. The van der Waals surface area contributed by atoms with Crippen molar-refractivity contribution in [2.45, 2.75) is 36.4 Å². The molecule has 0 unspecified atom stereocenters. The highest BCUT2D eigenvalue weighted by molar-refractivity contribution is 7.99. The van der Waals surface area contributed by atoms with Gasteiger partial charge in [0, 0.05) is 29.7 Å². The van der Waals surface area contributed by atoms with Crippen LogP contribution in [0.2, 0.25) is 0 Å². The van der Waals surface area contributed by atoms with Gasteiger partial charge in [-0.15, -0.1) is 10.2 Å². The number of para-hydroxylation sites is 1. The van der Waals surface area contributed by atoms with E-state index in [0.717, 1.165) is 18.4 Å². The lowest BCUT2D eigenvalue weighted by Gasteiger charge is -2.33. The number of nitrogens with one attached hydrogen (secondary N) is 2. The molecule has 2 heterocycles. The number of hydrogen-bond acceptors (Lipinski definition) is 7. The molecule has 0 spiro atoms. The van der Waals surface area contributed by atoms with Gasteiger partial charge in [-0.25, -0.2) is 4.98 Å². The fraction of sp³-hybridized carbons (Fsp3) is 0.261. The average Bonchev–Trinajstić information content (AvgIpc) is 3.26. The van der Waals surface area contributed by atoms with Crippen LogP contribution in [0.3, 0.4) is 0 Å². The Bertz CT molecular complexity index is 1300. The number of aromatic nitrogens is 4. The number of hydrogen-bond donors (Lipinski definition) is 2. The van der Waals surface area contributed by atoms with E-state index in [1.165, 1.54) is 11.8 Å². The third kappa shape index (κ3) is 4.43. The van der Waals surface area contributed by atoms with Crippen molar-refractivity contribution in [2.24, 2.45) is 0 Å². The molecule has 0 bridgehead atoms. The minimum Gasteiger partial charge on any atom is -0.420 e. The second-order valence-corrected chi connectivity index (χ2v) is 8.81. The summed E-state index contributed by atoms with van der Waals surface area (Å²) in [6.07, 6.45) is 1.92. The topological polar surface area (TPSA) is 114 Å². The van der Waals surface area contributed by atoms with E-state index >= 15 is 0 Å². The first-order valence-electron chi connectivity index (χ1n) is 10.5. The second kappa shape index (κ2) is 8.96. The average molecular weight is 448 g/mol. The highest BCUT2D eigenvalue weighted by Gasteiger charge is 2.35. The molecule has 162 valence electrons. The van der Waals surface area contributed by atoms with Gasteiger partial charge in [0.2, 0.25) is 17.7 Å². The molecule has 1 fully saturated rings. The maximum Gasteiger partial charge on any atom is 0.259 e. The molecule has 0 aliphatic heterocycles. The molecule has 0 atom stereocenters. The first-order valence-corrected chi connectivity index (χ1v) is 11.4. The number of thioether (sulfide) groups is 1. The lowest BCUT2D eigenvalue weighted by molar-refractivity contribution is -0.122. The Balaban J connectivity index is 1.08. The molecule has 2 aromatic heterocycles. The van der Waals surface area contributed by atoms with Gasteiger partial charge in [0.15, 0.2) is 5.16 Å². The quantitative estimate of drug-likeness (QED) is 0.329. The molecular weight excluding hydrogens is 426 g/mol. The first kappa shape index (κ1) is 20.4. The number of amides is 1. The van der Waals surface area contributed by atoms with Gasteiger partial charge >= 0.3 is 0 Å². The summed E-state index contributed by atoms with van der Waals surface area (Å²) in [7, 11) is 0. The maximum absolute atomic E-state index is 12.3. The minimum atomic E-state index is -0.167. The SMILES string of the molecule is O=C(CCSc1nc2ccccc2c(=O)[nH]1)N[C@H]1C[C@H](c2nnc(-c3ccccc3)o2)C1. The predicted molar refractivity (Wildman–Crippen MR) is 121 cm³/mol. The highest BCUT2D eigenvalue weighted by Crippen LogP contribution is 2.37. The van der Waals surface area contributed by atoms with Crippen LogP contribution in [0.25, 0.3) is 22.4 Å². The van der Waals surface area contributed by atoms with Crippen molar-refractivity contribution >= 4 is 28.6 Å². The molecule has 0 radical (unpaired) electrons. The summed E-state index contributed by atoms with van der Waals surface area (Å²) in [5.41, 5.74) is 1.38. The zero-order chi connectivity index (χ0) is 21.9. The molecule has 8 nitrogen and oxygen atoms in total. The van der Waals surface area contributed by atoms with Crippen LogP contribution in [0, 0.1) is 0 Å². The Morgan fingerprint density at radius 2 is 1.88 bits per heavy atom. The van der Waals surface area contributed by atoms with Gasteiger partial charge < -0.3 is 14.7 Å². The van der Waals surface area contributed by atoms with E-state index in [9.17, 15) is 9.59 Å². The summed E-state index contributed by atoms with van der Waals surface area (Å²) in [5, 5.41) is 12.4. The number of H-pyrrole nitrogens is 1. The molecule has 2 aromatic carbocycles. The van der Waals surface area contributed by atoms with Gasteiger partial charge in [-0.3, -0.25) is 9.59 Å². The maximum atomic E-state index is 12.3. The van der Waals surface area contributed by atoms with Gasteiger partial charge in [0.25, 0.3) is 5.56 Å². The Hall–Kier alpha value is -3.46. The molecule has 32 heavy (non-hydrogen) atoms. The number of fused-ring (bicyclic) bond motifs is 1. The molecule has 1 aliphatic carbocycles. The number of carbonyl (C=O) groups is 1. The van der Waals surface area contributed by atoms with E-state index in [2.05, 4.69) is 25.5 Å². The van der Waals surface area contributed by atoms with Crippen LogP contribution >= 0.6 is 11.8 Å². The summed E-state index contributed by atoms with van der Waals surface area (Å²) in [4.78, 5) is 31.6. The largest absolute Gasteiger partial charge is 0.420 e. The predicted octanol–water partition coefficient (Wildman–Crippen LogP) is 3.52. The summed E-state index contributed by atoms with van der Waals surface area (Å²) in [5.74, 6) is 1.83. The molecule has 0 saturated heterocycles. The Morgan fingerprint density at radius 3 is 2.72 bits per heavy atom. The van der Waals surface area contributed by atoms with Gasteiger partial charge in [-0.05, 0) is 37.1 Å². The monoisotopic (exact) mass is 447 g/mol.